The molecule has 1 saturated heterocycles. The lowest BCUT2D eigenvalue weighted by Gasteiger charge is -2.17. The van der Waals surface area contributed by atoms with Crippen molar-refractivity contribution in [1.82, 2.24) is 4.98 Å². The number of para-hydroxylation sites is 2. The van der Waals surface area contributed by atoms with Gasteiger partial charge in [-0.2, -0.15) is 0 Å². The van der Waals surface area contributed by atoms with Crippen LogP contribution in [0.1, 0.15) is 23.3 Å². The first kappa shape index (κ1) is 14.4. The van der Waals surface area contributed by atoms with E-state index in [9.17, 15) is 4.79 Å². The molecule has 0 saturated carbocycles. The second-order valence-electron chi connectivity index (χ2n) is 5.23. The highest BCUT2D eigenvalue weighted by Crippen LogP contribution is 2.24. The Morgan fingerprint density at radius 1 is 1.14 bits per heavy atom. The number of nitrogens with zero attached hydrogens (tertiary/aromatic N) is 2. The van der Waals surface area contributed by atoms with Crippen molar-refractivity contribution in [1.29, 1.82) is 0 Å². The molecule has 2 aromatic rings. The van der Waals surface area contributed by atoms with E-state index in [4.69, 9.17) is 4.74 Å². The van der Waals surface area contributed by atoms with Crippen molar-refractivity contribution >= 4 is 17.4 Å². The van der Waals surface area contributed by atoms with Crippen molar-refractivity contribution in [3.05, 3.63) is 48.2 Å². The van der Waals surface area contributed by atoms with E-state index in [1.54, 1.807) is 19.2 Å². The lowest BCUT2D eigenvalue weighted by molar-refractivity contribution is 0.102. The Balaban J connectivity index is 1.78. The molecule has 2 heterocycles. The van der Waals surface area contributed by atoms with Crippen LogP contribution in [0.25, 0.3) is 0 Å². The maximum atomic E-state index is 12.4. The first-order valence-corrected chi connectivity index (χ1v) is 7.44. The lowest BCUT2D eigenvalue weighted by Crippen LogP contribution is -2.21. The minimum Gasteiger partial charge on any atom is -0.495 e. The first-order valence-electron chi connectivity index (χ1n) is 7.44. The van der Waals surface area contributed by atoms with Crippen molar-refractivity contribution < 1.29 is 9.53 Å². The molecule has 5 heteroatoms. The average Bonchev–Trinajstić information content (AvgIpc) is 3.10. The van der Waals surface area contributed by atoms with Gasteiger partial charge in [-0.25, -0.2) is 4.98 Å². The Labute approximate surface area is 129 Å². The van der Waals surface area contributed by atoms with Gasteiger partial charge in [0.15, 0.2) is 0 Å². The van der Waals surface area contributed by atoms with Crippen LogP contribution in [0.15, 0.2) is 42.5 Å². The van der Waals surface area contributed by atoms with E-state index < -0.39 is 0 Å². The summed E-state index contributed by atoms with van der Waals surface area (Å²) in [6, 6.07) is 12.9. The van der Waals surface area contributed by atoms with Gasteiger partial charge in [0.2, 0.25) is 0 Å². The zero-order valence-electron chi connectivity index (χ0n) is 12.6. The number of benzene rings is 1. The quantitative estimate of drug-likeness (QED) is 0.942. The number of ether oxygens (including phenoxy) is 1. The molecule has 3 rings (SSSR count). The van der Waals surface area contributed by atoms with E-state index in [1.165, 1.54) is 12.8 Å². The topological polar surface area (TPSA) is 54.5 Å². The van der Waals surface area contributed by atoms with Gasteiger partial charge < -0.3 is 15.0 Å². The molecule has 1 N–H and O–H groups in total. The summed E-state index contributed by atoms with van der Waals surface area (Å²) in [5.41, 5.74) is 1.05. The highest BCUT2D eigenvalue weighted by atomic mass is 16.5. The summed E-state index contributed by atoms with van der Waals surface area (Å²) in [6.45, 7) is 2.01. The molecular formula is C17H19N3O2. The number of rotatable bonds is 4. The zero-order chi connectivity index (χ0) is 15.4. The number of methoxy groups -OCH3 is 1. The largest absolute Gasteiger partial charge is 0.495 e. The van der Waals surface area contributed by atoms with Gasteiger partial charge in [0, 0.05) is 13.1 Å². The van der Waals surface area contributed by atoms with E-state index in [1.807, 2.05) is 30.3 Å². The molecule has 1 amide bonds. The third kappa shape index (κ3) is 3.03. The van der Waals surface area contributed by atoms with Gasteiger partial charge in [0.1, 0.15) is 17.3 Å². The van der Waals surface area contributed by atoms with Crippen LogP contribution in [0.2, 0.25) is 0 Å². The summed E-state index contributed by atoms with van der Waals surface area (Å²) in [5.74, 6) is 1.27. The maximum absolute atomic E-state index is 12.4. The van der Waals surface area contributed by atoms with Gasteiger partial charge >= 0.3 is 0 Å². The second-order valence-corrected chi connectivity index (χ2v) is 5.23. The Hall–Kier alpha value is -2.56. The maximum Gasteiger partial charge on any atom is 0.274 e. The van der Waals surface area contributed by atoms with E-state index in [2.05, 4.69) is 15.2 Å². The molecule has 1 aliphatic heterocycles. The Bertz CT molecular complexity index is 666. The monoisotopic (exact) mass is 297 g/mol. The van der Waals surface area contributed by atoms with Crippen LogP contribution in [0.4, 0.5) is 11.5 Å². The van der Waals surface area contributed by atoms with Gasteiger partial charge in [-0.15, -0.1) is 0 Å². The second kappa shape index (κ2) is 6.47. The molecule has 1 aliphatic rings. The predicted molar refractivity (Wildman–Crippen MR) is 86.6 cm³/mol. The zero-order valence-corrected chi connectivity index (χ0v) is 12.6. The molecule has 0 aliphatic carbocycles. The average molecular weight is 297 g/mol. The van der Waals surface area contributed by atoms with E-state index in [0.29, 0.717) is 17.1 Å². The molecule has 0 unspecified atom stereocenters. The number of pyridine rings is 1. The van der Waals surface area contributed by atoms with Gasteiger partial charge in [-0.05, 0) is 37.1 Å². The molecule has 1 aromatic carbocycles. The molecule has 5 nitrogen and oxygen atoms in total. The summed E-state index contributed by atoms with van der Waals surface area (Å²) in [7, 11) is 1.58. The van der Waals surface area contributed by atoms with Crippen LogP contribution in [0, 0.1) is 0 Å². The van der Waals surface area contributed by atoms with Crippen LogP contribution in [-0.2, 0) is 0 Å². The molecule has 0 radical (unpaired) electrons. The molecule has 0 spiro atoms. The van der Waals surface area contributed by atoms with Crippen LogP contribution >= 0.6 is 0 Å². The summed E-state index contributed by atoms with van der Waals surface area (Å²) < 4.78 is 5.24. The van der Waals surface area contributed by atoms with Crippen LogP contribution in [-0.4, -0.2) is 31.1 Å². The van der Waals surface area contributed by atoms with Gasteiger partial charge in [0.25, 0.3) is 5.91 Å². The highest BCUT2D eigenvalue weighted by molar-refractivity contribution is 6.03. The lowest BCUT2D eigenvalue weighted by atomic mass is 10.2. The third-order valence-electron chi connectivity index (χ3n) is 3.75. The number of aromatic nitrogens is 1. The number of hydrogen-bond acceptors (Lipinski definition) is 4. The van der Waals surface area contributed by atoms with Gasteiger partial charge in [0.05, 0.1) is 12.8 Å². The fraction of sp³-hybridized carbons (Fsp3) is 0.294. The van der Waals surface area contributed by atoms with E-state index in [-0.39, 0.29) is 5.91 Å². The number of nitrogens with one attached hydrogen (secondary N) is 1. The summed E-state index contributed by atoms with van der Waals surface area (Å²) in [6.07, 6.45) is 2.36. The van der Waals surface area contributed by atoms with E-state index in [0.717, 1.165) is 18.9 Å². The Kier molecular flexibility index (Phi) is 4.23. The van der Waals surface area contributed by atoms with Crippen molar-refractivity contribution in [2.24, 2.45) is 0 Å². The van der Waals surface area contributed by atoms with E-state index >= 15 is 0 Å². The summed E-state index contributed by atoms with van der Waals surface area (Å²) >= 11 is 0. The van der Waals surface area contributed by atoms with Crippen LogP contribution in [0.3, 0.4) is 0 Å². The minimum absolute atomic E-state index is 0.231. The number of amides is 1. The van der Waals surface area contributed by atoms with Gasteiger partial charge in [-0.3, -0.25) is 4.79 Å². The Morgan fingerprint density at radius 3 is 2.68 bits per heavy atom. The molecule has 114 valence electrons. The highest BCUT2D eigenvalue weighted by Gasteiger charge is 2.16. The molecular weight excluding hydrogens is 278 g/mol. The molecule has 1 aromatic heterocycles. The number of anilines is 2. The normalized spacial score (nSPS) is 14.0. The van der Waals surface area contributed by atoms with Crippen molar-refractivity contribution in [2.45, 2.75) is 12.8 Å². The Morgan fingerprint density at radius 2 is 1.91 bits per heavy atom. The minimum atomic E-state index is -0.231. The molecule has 1 fully saturated rings. The predicted octanol–water partition coefficient (Wildman–Crippen LogP) is 2.94. The fourth-order valence-corrected chi connectivity index (χ4v) is 2.61. The van der Waals surface area contributed by atoms with Crippen molar-refractivity contribution in [2.75, 3.05) is 30.4 Å². The molecule has 22 heavy (non-hydrogen) atoms. The SMILES string of the molecule is COc1ccccc1NC(=O)c1cccc(N2CCCC2)n1. The molecule has 0 bridgehead atoms. The number of hydrogen-bond donors (Lipinski definition) is 1. The van der Waals surface area contributed by atoms with Crippen molar-refractivity contribution in [3.63, 3.8) is 0 Å². The van der Waals surface area contributed by atoms with Crippen LogP contribution in [0.5, 0.6) is 5.75 Å². The number of carbonyl (C=O) groups is 1. The fourth-order valence-electron chi connectivity index (χ4n) is 2.61. The van der Waals surface area contributed by atoms with Crippen molar-refractivity contribution in [3.8, 4) is 5.75 Å². The van der Waals surface area contributed by atoms with Gasteiger partial charge in [-0.1, -0.05) is 18.2 Å². The third-order valence-corrected chi connectivity index (χ3v) is 3.75. The smallest absolute Gasteiger partial charge is 0.274 e. The summed E-state index contributed by atoms with van der Waals surface area (Å²) in [4.78, 5) is 19.1. The summed E-state index contributed by atoms with van der Waals surface area (Å²) in [5, 5.41) is 2.85. The first-order chi connectivity index (χ1) is 10.8. The standard InChI is InChI=1S/C17H19N3O2/c1-22-15-9-3-2-7-13(15)19-17(21)14-8-6-10-16(18-14)20-11-4-5-12-20/h2-3,6-10H,4-5,11-12H2,1H3,(H,19,21). The molecule has 0 atom stereocenters. The number of carbonyl (C=O) groups excluding carboxylic acids is 1. The van der Waals surface area contributed by atoms with Crippen LogP contribution < -0.4 is 15.0 Å².